The Bertz CT molecular complexity index is 622. The molecule has 0 unspecified atom stereocenters. The average molecular weight is 342 g/mol. The van der Waals surface area contributed by atoms with Crippen molar-refractivity contribution >= 4 is 10.0 Å². The quantitative estimate of drug-likeness (QED) is 0.830. The van der Waals surface area contributed by atoms with Crippen LogP contribution in [0.25, 0.3) is 0 Å². The summed E-state index contributed by atoms with van der Waals surface area (Å²) in [6.07, 6.45) is 7.03. The fraction of sp³-hybridized carbons (Fsp3) is 0.800. The van der Waals surface area contributed by atoms with Gasteiger partial charge in [0.25, 0.3) is 10.0 Å². The predicted octanol–water partition coefficient (Wildman–Crippen LogP) is 0.466. The molecule has 0 bridgehead atoms. The third-order valence-corrected chi connectivity index (χ3v) is 6.66. The molecule has 1 saturated carbocycles. The van der Waals surface area contributed by atoms with E-state index in [-0.39, 0.29) is 23.2 Å². The van der Waals surface area contributed by atoms with Gasteiger partial charge in [-0.3, -0.25) is 9.58 Å². The molecule has 2 atom stereocenters. The third-order valence-electron chi connectivity index (χ3n) is 5.07. The van der Waals surface area contributed by atoms with E-state index in [1.807, 2.05) is 0 Å². The lowest BCUT2D eigenvalue weighted by molar-refractivity contribution is 0.00830. The van der Waals surface area contributed by atoms with Crippen LogP contribution in [0.2, 0.25) is 0 Å². The lowest BCUT2D eigenvalue weighted by atomic mass is 9.90. The number of rotatable bonds is 4. The summed E-state index contributed by atoms with van der Waals surface area (Å²) in [6.45, 7) is 1.67. The van der Waals surface area contributed by atoms with Crippen molar-refractivity contribution in [1.82, 2.24) is 19.4 Å². The van der Waals surface area contributed by atoms with Gasteiger partial charge in [0.1, 0.15) is 0 Å². The number of nitrogens with zero attached hydrogens (tertiary/aromatic N) is 3. The molecule has 3 rings (SSSR count). The van der Waals surface area contributed by atoms with E-state index in [1.165, 1.54) is 23.4 Å². The van der Waals surface area contributed by atoms with Crippen LogP contribution in [0.4, 0.5) is 0 Å². The number of sulfonamides is 1. The monoisotopic (exact) mass is 342 g/mol. The topological polar surface area (TPSA) is 87.5 Å². The van der Waals surface area contributed by atoms with Gasteiger partial charge in [0.05, 0.1) is 12.3 Å². The molecular weight excluding hydrogens is 316 g/mol. The minimum absolute atomic E-state index is 0.0492. The van der Waals surface area contributed by atoms with Gasteiger partial charge < -0.3 is 5.11 Å². The largest absolute Gasteiger partial charge is 0.391 e. The second-order valence-electron chi connectivity index (χ2n) is 6.64. The van der Waals surface area contributed by atoms with Crippen LogP contribution in [0.5, 0.6) is 0 Å². The Kier molecular flexibility index (Phi) is 5.05. The summed E-state index contributed by atoms with van der Waals surface area (Å²) >= 11 is 0. The first-order valence-corrected chi connectivity index (χ1v) is 9.88. The molecule has 8 heteroatoms. The van der Waals surface area contributed by atoms with Crippen molar-refractivity contribution in [2.24, 2.45) is 7.05 Å². The number of aliphatic hydroxyl groups excluding tert-OH is 1. The molecule has 2 aliphatic rings. The number of aryl methyl sites for hydroxylation is 1. The predicted molar refractivity (Wildman–Crippen MR) is 86.4 cm³/mol. The summed E-state index contributed by atoms with van der Waals surface area (Å²) in [5.41, 5.74) is 0. The average Bonchev–Trinajstić information content (AvgIpc) is 2.96. The van der Waals surface area contributed by atoms with Crippen LogP contribution < -0.4 is 4.72 Å². The number of piperidine rings is 1. The highest BCUT2D eigenvalue weighted by Gasteiger charge is 2.33. The van der Waals surface area contributed by atoms with Gasteiger partial charge in [-0.05, 0) is 31.7 Å². The summed E-state index contributed by atoms with van der Waals surface area (Å²) in [7, 11) is -1.89. The van der Waals surface area contributed by atoms with Gasteiger partial charge in [0.15, 0.2) is 5.03 Å². The SMILES string of the molecule is Cn1nccc1S(=O)(=O)NC1CCN([C@H]2CCCC[C@@H]2O)CC1. The number of likely N-dealkylation sites (tertiary alicyclic amines) is 1. The molecule has 7 nitrogen and oxygen atoms in total. The van der Waals surface area contributed by atoms with E-state index in [0.29, 0.717) is 0 Å². The standard InChI is InChI=1S/C15H26N4O3S/c1-18-15(6-9-16-18)23(21,22)17-12-7-10-19(11-8-12)13-4-2-3-5-14(13)20/h6,9,12-14,17,20H,2-5,7-8,10-11H2,1H3/t13-,14-/m0/s1. The molecular formula is C15H26N4O3S. The molecule has 23 heavy (non-hydrogen) atoms. The van der Waals surface area contributed by atoms with E-state index in [4.69, 9.17) is 0 Å². The Morgan fingerprint density at radius 2 is 1.91 bits per heavy atom. The summed E-state index contributed by atoms with van der Waals surface area (Å²) in [5.74, 6) is 0. The summed E-state index contributed by atoms with van der Waals surface area (Å²) in [5, 5.41) is 14.3. The molecule has 0 aromatic carbocycles. The fourth-order valence-corrected chi connectivity index (χ4v) is 5.20. The minimum atomic E-state index is -3.52. The first-order valence-electron chi connectivity index (χ1n) is 8.40. The minimum Gasteiger partial charge on any atom is -0.391 e. The molecule has 1 aliphatic heterocycles. The van der Waals surface area contributed by atoms with Gasteiger partial charge in [0, 0.05) is 32.2 Å². The van der Waals surface area contributed by atoms with Crippen LogP contribution >= 0.6 is 0 Å². The third kappa shape index (κ3) is 3.76. The molecule has 0 spiro atoms. The Labute approximate surface area is 137 Å². The normalized spacial score (nSPS) is 28.1. The maximum atomic E-state index is 12.4. The van der Waals surface area contributed by atoms with Gasteiger partial charge in [-0.25, -0.2) is 13.1 Å². The van der Waals surface area contributed by atoms with E-state index in [1.54, 1.807) is 7.05 Å². The Morgan fingerprint density at radius 1 is 1.22 bits per heavy atom. The van der Waals surface area contributed by atoms with Crippen LogP contribution in [0.3, 0.4) is 0 Å². The molecule has 2 heterocycles. The Hall–Kier alpha value is -0.960. The van der Waals surface area contributed by atoms with Crippen molar-refractivity contribution in [3.63, 3.8) is 0 Å². The summed E-state index contributed by atoms with van der Waals surface area (Å²) in [6, 6.07) is 1.71. The van der Waals surface area contributed by atoms with Crippen molar-refractivity contribution in [2.75, 3.05) is 13.1 Å². The Morgan fingerprint density at radius 3 is 2.52 bits per heavy atom. The van der Waals surface area contributed by atoms with Gasteiger partial charge in [0.2, 0.25) is 0 Å². The van der Waals surface area contributed by atoms with Crippen LogP contribution in [-0.2, 0) is 17.1 Å². The maximum Gasteiger partial charge on any atom is 0.257 e. The molecule has 2 N–H and O–H groups in total. The van der Waals surface area contributed by atoms with E-state index >= 15 is 0 Å². The van der Waals surface area contributed by atoms with E-state index < -0.39 is 10.0 Å². The van der Waals surface area contributed by atoms with Crippen LogP contribution in [-0.4, -0.2) is 59.5 Å². The first-order chi connectivity index (χ1) is 11.0. The molecule has 0 radical (unpaired) electrons. The zero-order valence-electron chi connectivity index (χ0n) is 13.6. The molecule has 1 aromatic rings. The number of hydrogen-bond donors (Lipinski definition) is 2. The van der Waals surface area contributed by atoms with Gasteiger partial charge in [-0.15, -0.1) is 0 Å². The molecule has 2 fully saturated rings. The number of aromatic nitrogens is 2. The lowest BCUT2D eigenvalue weighted by Crippen LogP contribution is -2.52. The number of hydrogen-bond acceptors (Lipinski definition) is 5. The number of aliphatic hydroxyl groups is 1. The van der Waals surface area contributed by atoms with Crippen LogP contribution in [0.1, 0.15) is 38.5 Å². The van der Waals surface area contributed by atoms with Crippen molar-refractivity contribution < 1.29 is 13.5 Å². The highest BCUT2D eigenvalue weighted by atomic mass is 32.2. The molecule has 1 aliphatic carbocycles. The smallest absolute Gasteiger partial charge is 0.257 e. The van der Waals surface area contributed by atoms with E-state index in [0.717, 1.165) is 45.2 Å². The zero-order valence-corrected chi connectivity index (χ0v) is 14.4. The van der Waals surface area contributed by atoms with Crippen molar-refractivity contribution in [2.45, 2.75) is 61.7 Å². The molecule has 130 valence electrons. The van der Waals surface area contributed by atoms with Gasteiger partial charge in [-0.1, -0.05) is 12.8 Å². The second kappa shape index (κ2) is 6.88. The maximum absolute atomic E-state index is 12.4. The highest BCUT2D eigenvalue weighted by molar-refractivity contribution is 7.89. The van der Waals surface area contributed by atoms with Crippen LogP contribution in [0.15, 0.2) is 17.3 Å². The molecule has 0 amide bonds. The number of nitrogens with one attached hydrogen (secondary N) is 1. The zero-order chi connectivity index (χ0) is 16.4. The summed E-state index contributed by atoms with van der Waals surface area (Å²) < 4.78 is 29.0. The van der Waals surface area contributed by atoms with Gasteiger partial charge in [-0.2, -0.15) is 5.10 Å². The first kappa shape index (κ1) is 16.9. The second-order valence-corrected chi connectivity index (χ2v) is 8.30. The fourth-order valence-electron chi connectivity index (χ4n) is 3.77. The van der Waals surface area contributed by atoms with Crippen molar-refractivity contribution in [3.05, 3.63) is 12.3 Å². The lowest BCUT2D eigenvalue weighted by Gasteiger charge is -2.41. The Balaban J connectivity index is 1.56. The molecule has 1 saturated heterocycles. The van der Waals surface area contributed by atoms with Gasteiger partial charge >= 0.3 is 0 Å². The van der Waals surface area contributed by atoms with E-state index in [2.05, 4.69) is 14.7 Å². The van der Waals surface area contributed by atoms with E-state index in [9.17, 15) is 13.5 Å². The molecule has 1 aromatic heterocycles. The van der Waals surface area contributed by atoms with Crippen molar-refractivity contribution in [1.29, 1.82) is 0 Å². The summed E-state index contributed by atoms with van der Waals surface area (Å²) in [4.78, 5) is 2.33. The highest BCUT2D eigenvalue weighted by Crippen LogP contribution is 2.26. The van der Waals surface area contributed by atoms with Crippen LogP contribution in [0, 0.1) is 0 Å². The van der Waals surface area contributed by atoms with Crippen molar-refractivity contribution in [3.8, 4) is 0 Å².